The second kappa shape index (κ2) is 8.79. The van der Waals surface area contributed by atoms with Crippen LogP contribution in [-0.4, -0.2) is 18.3 Å². The van der Waals surface area contributed by atoms with Gasteiger partial charge in [-0.25, -0.2) is 0 Å². The first-order valence-corrected chi connectivity index (χ1v) is 11.8. The smallest absolute Gasteiger partial charge is 0.399 e. The van der Waals surface area contributed by atoms with Crippen LogP contribution < -0.4 is 10.4 Å². The van der Waals surface area contributed by atoms with E-state index in [4.69, 9.17) is 9.31 Å². The van der Waals surface area contributed by atoms with Crippen molar-refractivity contribution in [2.75, 3.05) is 4.90 Å². The second-order valence-corrected chi connectivity index (χ2v) is 9.76. The van der Waals surface area contributed by atoms with E-state index >= 15 is 0 Å². The number of benzene rings is 4. The highest BCUT2D eigenvalue weighted by atomic mass is 16.7. The summed E-state index contributed by atoms with van der Waals surface area (Å²) >= 11 is 0. The molecular weight excluding hydrogens is 417 g/mol. The summed E-state index contributed by atoms with van der Waals surface area (Å²) < 4.78 is 12.5. The lowest BCUT2D eigenvalue weighted by Gasteiger charge is -2.32. The topological polar surface area (TPSA) is 21.7 Å². The zero-order chi connectivity index (χ0) is 23.8. The molecule has 1 fully saturated rings. The molecule has 0 N–H and O–H groups in total. The Morgan fingerprint density at radius 2 is 0.912 bits per heavy atom. The van der Waals surface area contributed by atoms with Gasteiger partial charge in [0.05, 0.1) is 11.2 Å². The Balaban J connectivity index is 1.47. The molecule has 0 amide bonds. The summed E-state index contributed by atoms with van der Waals surface area (Å²) in [6, 6.07) is 38.1. The summed E-state index contributed by atoms with van der Waals surface area (Å²) in [6.07, 6.45) is 0. The van der Waals surface area contributed by atoms with Crippen LogP contribution in [0.25, 0.3) is 11.1 Å². The van der Waals surface area contributed by atoms with Gasteiger partial charge in [-0.2, -0.15) is 0 Å². The standard InChI is InChI=1S/C30H30BNO2/c1-29(2)30(3,4)34-31(33-29)25-17-21-28(22-18-25)32(26-13-9-6-10-14-26)27-19-15-24(16-20-27)23-11-7-5-8-12-23/h5-22H,1-4H3. The lowest BCUT2D eigenvalue weighted by molar-refractivity contribution is 0.00578. The van der Waals surface area contributed by atoms with Gasteiger partial charge in [-0.15, -0.1) is 0 Å². The van der Waals surface area contributed by atoms with Gasteiger partial charge in [-0.05, 0) is 80.7 Å². The fourth-order valence-corrected chi connectivity index (χ4v) is 4.22. The molecule has 1 aliphatic rings. The maximum absolute atomic E-state index is 6.24. The summed E-state index contributed by atoms with van der Waals surface area (Å²) in [7, 11) is -0.366. The minimum atomic E-state index is -0.366. The van der Waals surface area contributed by atoms with Crippen molar-refractivity contribution in [2.45, 2.75) is 38.9 Å². The van der Waals surface area contributed by atoms with Gasteiger partial charge in [0.1, 0.15) is 0 Å². The van der Waals surface area contributed by atoms with Crippen LogP contribution in [-0.2, 0) is 9.31 Å². The SMILES string of the molecule is CC1(C)OB(c2ccc(N(c3ccccc3)c3ccc(-c4ccccc4)cc3)cc2)OC1(C)C. The fraction of sp³-hybridized carbons (Fsp3) is 0.200. The molecule has 0 spiro atoms. The Labute approximate surface area is 203 Å². The quantitative estimate of drug-likeness (QED) is 0.304. The van der Waals surface area contributed by atoms with Crippen LogP contribution in [0.15, 0.2) is 109 Å². The molecule has 0 aromatic heterocycles. The van der Waals surface area contributed by atoms with Gasteiger partial charge in [-0.1, -0.05) is 72.8 Å². The molecule has 0 saturated carbocycles. The molecule has 4 aromatic rings. The molecule has 1 heterocycles. The highest BCUT2D eigenvalue weighted by molar-refractivity contribution is 6.62. The highest BCUT2D eigenvalue weighted by Gasteiger charge is 2.51. The van der Waals surface area contributed by atoms with Crippen molar-refractivity contribution in [1.29, 1.82) is 0 Å². The third-order valence-electron chi connectivity index (χ3n) is 6.92. The van der Waals surface area contributed by atoms with E-state index in [0.717, 1.165) is 22.5 Å². The molecule has 0 atom stereocenters. The van der Waals surface area contributed by atoms with Crippen LogP contribution in [0.1, 0.15) is 27.7 Å². The van der Waals surface area contributed by atoms with Crippen LogP contribution in [0.4, 0.5) is 17.1 Å². The lowest BCUT2D eigenvalue weighted by atomic mass is 9.79. The fourth-order valence-electron chi connectivity index (χ4n) is 4.22. The minimum Gasteiger partial charge on any atom is -0.399 e. The van der Waals surface area contributed by atoms with E-state index in [-0.39, 0.29) is 18.3 Å². The van der Waals surface area contributed by atoms with Gasteiger partial charge >= 0.3 is 7.12 Å². The van der Waals surface area contributed by atoms with Gasteiger partial charge < -0.3 is 14.2 Å². The molecule has 34 heavy (non-hydrogen) atoms. The molecular formula is C30H30BNO2. The van der Waals surface area contributed by atoms with E-state index in [1.54, 1.807) is 0 Å². The average Bonchev–Trinajstić information content (AvgIpc) is 3.08. The van der Waals surface area contributed by atoms with Gasteiger partial charge in [0.2, 0.25) is 0 Å². The van der Waals surface area contributed by atoms with Crippen LogP contribution in [0, 0.1) is 0 Å². The Bertz CT molecular complexity index is 1220. The molecule has 0 radical (unpaired) electrons. The number of anilines is 3. The van der Waals surface area contributed by atoms with Crippen molar-refractivity contribution >= 4 is 29.6 Å². The summed E-state index contributed by atoms with van der Waals surface area (Å²) in [4.78, 5) is 2.27. The van der Waals surface area contributed by atoms with Crippen LogP contribution in [0.5, 0.6) is 0 Å². The first-order valence-electron chi connectivity index (χ1n) is 11.8. The first-order chi connectivity index (χ1) is 16.3. The normalized spacial score (nSPS) is 16.4. The zero-order valence-electron chi connectivity index (χ0n) is 20.2. The molecule has 5 rings (SSSR count). The Hall–Kier alpha value is -3.34. The van der Waals surface area contributed by atoms with E-state index in [0.29, 0.717) is 0 Å². The largest absolute Gasteiger partial charge is 0.494 e. The van der Waals surface area contributed by atoms with E-state index in [1.807, 2.05) is 12.1 Å². The molecule has 4 aromatic carbocycles. The first kappa shape index (κ1) is 22.5. The highest BCUT2D eigenvalue weighted by Crippen LogP contribution is 2.38. The Kier molecular flexibility index (Phi) is 5.80. The molecule has 3 nitrogen and oxygen atoms in total. The third-order valence-corrected chi connectivity index (χ3v) is 6.92. The van der Waals surface area contributed by atoms with E-state index < -0.39 is 0 Å². The second-order valence-electron chi connectivity index (χ2n) is 9.76. The van der Waals surface area contributed by atoms with Gasteiger partial charge in [0.25, 0.3) is 0 Å². The van der Waals surface area contributed by atoms with Crippen molar-refractivity contribution in [1.82, 2.24) is 0 Å². The third kappa shape index (κ3) is 4.27. The molecule has 0 bridgehead atoms. The van der Waals surface area contributed by atoms with Gasteiger partial charge in [0.15, 0.2) is 0 Å². The van der Waals surface area contributed by atoms with Crippen LogP contribution in [0.3, 0.4) is 0 Å². The Morgan fingerprint density at radius 3 is 1.44 bits per heavy atom. The predicted octanol–water partition coefficient (Wildman–Crippen LogP) is 7.12. The summed E-state index contributed by atoms with van der Waals surface area (Å²) in [5.41, 5.74) is 6.03. The molecule has 0 unspecified atom stereocenters. The van der Waals surface area contributed by atoms with Crippen LogP contribution in [0.2, 0.25) is 0 Å². The van der Waals surface area contributed by atoms with Crippen molar-refractivity contribution < 1.29 is 9.31 Å². The summed E-state index contributed by atoms with van der Waals surface area (Å²) in [6.45, 7) is 8.32. The van der Waals surface area contributed by atoms with Crippen molar-refractivity contribution in [3.8, 4) is 11.1 Å². The number of hydrogen-bond donors (Lipinski definition) is 0. The molecule has 1 aliphatic heterocycles. The molecule has 170 valence electrons. The predicted molar refractivity (Wildman–Crippen MR) is 142 cm³/mol. The van der Waals surface area contributed by atoms with Crippen LogP contribution >= 0.6 is 0 Å². The Morgan fingerprint density at radius 1 is 0.500 bits per heavy atom. The number of rotatable bonds is 5. The van der Waals surface area contributed by atoms with Crippen molar-refractivity contribution in [2.24, 2.45) is 0 Å². The van der Waals surface area contributed by atoms with Crippen molar-refractivity contribution in [3.05, 3.63) is 109 Å². The molecule has 4 heteroatoms. The maximum atomic E-state index is 6.24. The van der Waals surface area contributed by atoms with Gasteiger partial charge in [-0.3, -0.25) is 0 Å². The summed E-state index contributed by atoms with van der Waals surface area (Å²) in [5, 5.41) is 0. The monoisotopic (exact) mass is 447 g/mol. The number of hydrogen-bond acceptors (Lipinski definition) is 3. The number of nitrogens with zero attached hydrogens (tertiary/aromatic N) is 1. The molecule has 0 aliphatic carbocycles. The molecule has 1 saturated heterocycles. The lowest BCUT2D eigenvalue weighted by Crippen LogP contribution is -2.41. The van der Waals surface area contributed by atoms with Crippen molar-refractivity contribution in [3.63, 3.8) is 0 Å². The minimum absolute atomic E-state index is 0.354. The number of para-hydroxylation sites is 1. The van der Waals surface area contributed by atoms with E-state index in [1.165, 1.54) is 11.1 Å². The average molecular weight is 447 g/mol. The zero-order valence-corrected chi connectivity index (χ0v) is 20.2. The van der Waals surface area contributed by atoms with Gasteiger partial charge in [0, 0.05) is 17.1 Å². The van der Waals surface area contributed by atoms with E-state index in [9.17, 15) is 0 Å². The summed E-state index contributed by atoms with van der Waals surface area (Å²) in [5.74, 6) is 0. The van der Waals surface area contributed by atoms with E-state index in [2.05, 4.69) is 130 Å². The maximum Gasteiger partial charge on any atom is 0.494 e.